The van der Waals surface area contributed by atoms with Gasteiger partial charge in [-0.3, -0.25) is 0 Å². The number of carbonyl (C=O) groups is 1. The molecule has 0 saturated heterocycles. The van der Waals surface area contributed by atoms with Crippen LogP contribution in [-0.4, -0.2) is 20.2 Å². The van der Waals surface area contributed by atoms with E-state index in [-0.39, 0.29) is 17.7 Å². The fourth-order valence-corrected chi connectivity index (χ4v) is 3.52. The van der Waals surface area contributed by atoms with Crippen molar-refractivity contribution in [1.82, 2.24) is 0 Å². The Morgan fingerprint density at radius 1 is 1.06 bits per heavy atom. The Hall–Kier alpha value is -3.03. The minimum Gasteiger partial charge on any atom is -0.493 e. The molecule has 2 aromatic carbocycles. The summed E-state index contributed by atoms with van der Waals surface area (Å²) in [6, 6.07) is 8.85. The first-order valence-electron chi connectivity index (χ1n) is 9.16. The largest absolute Gasteiger partial charge is 0.493 e. The number of benzene rings is 2. The summed E-state index contributed by atoms with van der Waals surface area (Å²) >= 11 is 12.6. The van der Waals surface area contributed by atoms with E-state index in [1.165, 1.54) is 26.4 Å². The van der Waals surface area contributed by atoms with Gasteiger partial charge in [0.1, 0.15) is 22.0 Å². The van der Waals surface area contributed by atoms with Crippen LogP contribution < -0.4 is 20.2 Å². The molecule has 0 spiro atoms. The molecule has 0 bridgehead atoms. The molecule has 3 aromatic rings. The maximum absolute atomic E-state index is 13.8. The van der Waals surface area contributed by atoms with Crippen LogP contribution in [0.1, 0.15) is 27.6 Å². The molecule has 162 valence electrons. The number of esters is 1. The summed E-state index contributed by atoms with van der Waals surface area (Å²) in [5, 5.41) is 0.764. The summed E-state index contributed by atoms with van der Waals surface area (Å²) in [6.45, 7) is 0. The number of carbonyl (C=O) groups excluding carboxylic acids is 1. The molecule has 6 nitrogen and oxygen atoms in total. The quantitative estimate of drug-likeness (QED) is 0.404. The number of ether oxygens (including phenoxy) is 3. The normalized spacial score (nSPS) is 11.6. The van der Waals surface area contributed by atoms with Crippen LogP contribution in [-0.2, 0) is 11.2 Å². The number of hydrogen-bond acceptors (Lipinski definition) is 5. The predicted octanol–water partition coefficient (Wildman–Crippen LogP) is 4.69. The van der Waals surface area contributed by atoms with Gasteiger partial charge in [-0.25, -0.2) is 14.2 Å². The van der Waals surface area contributed by atoms with Crippen molar-refractivity contribution in [3.05, 3.63) is 81.3 Å². The third-order valence-corrected chi connectivity index (χ3v) is 5.33. The molecule has 0 amide bonds. The molecule has 1 atom stereocenters. The number of rotatable bonds is 7. The summed E-state index contributed by atoms with van der Waals surface area (Å²) in [5.41, 5.74) is 6.65. The minimum atomic E-state index is -0.801. The van der Waals surface area contributed by atoms with Gasteiger partial charge >= 0.3 is 5.97 Å². The summed E-state index contributed by atoms with van der Waals surface area (Å²) in [4.78, 5) is 15.6. The molecule has 0 unspecified atom stereocenters. The zero-order chi connectivity index (χ0) is 22.5. The maximum Gasteiger partial charge on any atom is 0.338 e. The molecular weight excluding hydrogens is 446 g/mol. The van der Waals surface area contributed by atoms with Crippen molar-refractivity contribution < 1.29 is 28.4 Å². The molecular formula is C22H20Cl2FN2O4+. The lowest BCUT2D eigenvalue weighted by Crippen LogP contribution is -2.16. The van der Waals surface area contributed by atoms with E-state index in [4.69, 9.17) is 43.1 Å². The fraction of sp³-hybridized carbons (Fsp3) is 0.182. The number of nitrogens with two attached hydrogens (primary N) is 1. The lowest BCUT2D eigenvalue weighted by atomic mass is 10.0. The first kappa shape index (κ1) is 22.7. The first-order valence-corrected chi connectivity index (χ1v) is 9.91. The highest BCUT2D eigenvalue weighted by molar-refractivity contribution is 6.35. The Morgan fingerprint density at radius 2 is 1.74 bits per heavy atom. The third kappa shape index (κ3) is 5.18. The van der Waals surface area contributed by atoms with Crippen molar-refractivity contribution in [1.29, 1.82) is 0 Å². The van der Waals surface area contributed by atoms with Crippen LogP contribution in [0.2, 0.25) is 10.0 Å². The van der Waals surface area contributed by atoms with Gasteiger partial charge in [-0.1, -0.05) is 29.3 Å². The van der Waals surface area contributed by atoms with Gasteiger partial charge in [0, 0.05) is 12.0 Å². The van der Waals surface area contributed by atoms with Crippen LogP contribution in [0.4, 0.5) is 10.1 Å². The van der Waals surface area contributed by atoms with Crippen molar-refractivity contribution >= 4 is 34.9 Å². The highest BCUT2D eigenvalue weighted by Crippen LogP contribution is 2.35. The smallest absolute Gasteiger partial charge is 0.338 e. The van der Waals surface area contributed by atoms with Crippen molar-refractivity contribution in [3.63, 3.8) is 0 Å². The van der Waals surface area contributed by atoms with Gasteiger partial charge in [0.25, 0.3) is 0 Å². The van der Waals surface area contributed by atoms with E-state index in [1.807, 2.05) is 0 Å². The number of nitrogens with one attached hydrogen (secondary N) is 1. The van der Waals surface area contributed by atoms with E-state index < -0.39 is 17.9 Å². The van der Waals surface area contributed by atoms with Gasteiger partial charge in [0.2, 0.25) is 0 Å². The lowest BCUT2D eigenvalue weighted by Gasteiger charge is -2.20. The zero-order valence-electron chi connectivity index (χ0n) is 16.7. The number of pyridine rings is 1. The van der Waals surface area contributed by atoms with E-state index in [1.54, 1.807) is 30.6 Å². The van der Waals surface area contributed by atoms with Gasteiger partial charge in [-0.05, 0) is 35.9 Å². The summed E-state index contributed by atoms with van der Waals surface area (Å²) in [6.07, 6.45) is 2.52. The Bertz CT molecular complexity index is 1090. The Labute approximate surface area is 188 Å². The Kier molecular flexibility index (Phi) is 7.20. The fourth-order valence-electron chi connectivity index (χ4n) is 2.99. The first-order chi connectivity index (χ1) is 14.8. The number of methoxy groups -OCH3 is 2. The monoisotopic (exact) mass is 465 g/mol. The minimum absolute atomic E-state index is 0.0239. The van der Waals surface area contributed by atoms with Crippen LogP contribution in [0.25, 0.3) is 0 Å². The molecule has 3 rings (SSSR count). The van der Waals surface area contributed by atoms with Gasteiger partial charge in [0.15, 0.2) is 23.9 Å². The molecule has 9 heteroatoms. The van der Waals surface area contributed by atoms with Crippen molar-refractivity contribution in [2.24, 2.45) is 0 Å². The standard InChI is InChI=1S/C22H19Cl2FN2O4/c1-29-19-6-4-12(8-21(19)30-2)20(9-14-15(23)10-27-11-16(14)24)31-22(28)13-3-5-18(26)17(25)7-13/h3-8,10-11,20H,9,26H2,1-2H3/p+1/t20-/m0/s1. The second kappa shape index (κ2) is 9.85. The van der Waals surface area contributed by atoms with Gasteiger partial charge in [0.05, 0.1) is 25.5 Å². The van der Waals surface area contributed by atoms with Crippen molar-refractivity contribution in [3.8, 4) is 11.5 Å². The van der Waals surface area contributed by atoms with Crippen LogP contribution in [0, 0.1) is 5.82 Å². The van der Waals surface area contributed by atoms with Gasteiger partial charge in [-0.15, -0.1) is 0 Å². The van der Waals surface area contributed by atoms with Crippen LogP contribution in [0.5, 0.6) is 11.5 Å². The predicted molar refractivity (Wildman–Crippen MR) is 115 cm³/mol. The van der Waals surface area contributed by atoms with E-state index in [0.717, 1.165) is 6.07 Å². The number of anilines is 1. The molecule has 0 fully saturated rings. The Morgan fingerprint density at radius 3 is 2.35 bits per heavy atom. The molecule has 1 heterocycles. The number of halogens is 3. The van der Waals surface area contributed by atoms with E-state index in [2.05, 4.69) is 4.98 Å². The molecule has 3 N–H and O–H groups in total. The molecule has 0 radical (unpaired) electrons. The number of H-pyrrole nitrogens is 1. The van der Waals surface area contributed by atoms with Gasteiger partial charge < -0.3 is 19.9 Å². The molecule has 0 aliphatic carbocycles. The summed E-state index contributed by atoms with van der Waals surface area (Å²) in [7, 11) is 3.02. The SMILES string of the molecule is COc1ccc([C@H](Cc2c(Cl)c[nH+]cc2Cl)OC(=O)c2ccc(N)c(F)c2)cc1OC. The molecule has 31 heavy (non-hydrogen) atoms. The number of nitrogen functional groups attached to an aromatic ring is 1. The highest BCUT2D eigenvalue weighted by atomic mass is 35.5. The lowest BCUT2D eigenvalue weighted by molar-refractivity contribution is -0.377. The number of aromatic amines is 1. The topological polar surface area (TPSA) is 84.9 Å². The van der Waals surface area contributed by atoms with Crippen molar-refractivity contribution in [2.75, 3.05) is 20.0 Å². The second-order valence-corrected chi connectivity index (χ2v) is 7.39. The molecule has 0 aliphatic rings. The number of aromatic nitrogens is 1. The third-order valence-electron chi connectivity index (χ3n) is 4.65. The van der Waals surface area contributed by atoms with Crippen molar-refractivity contribution in [2.45, 2.75) is 12.5 Å². The average Bonchev–Trinajstić information content (AvgIpc) is 2.76. The van der Waals surface area contributed by atoms with E-state index >= 15 is 0 Å². The molecule has 0 saturated carbocycles. The van der Waals surface area contributed by atoms with Crippen LogP contribution >= 0.6 is 23.2 Å². The molecule has 1 aromatic heterocycles. The second-order valence-electron chi connectivity index (χ2n) is 6.58. The van der Waals surface area contributed by atoms with Crippen LogP contribution in [0.15, 0.2) is 48.8 Å². The zero-order valence-corrected chi connectivity index (χ0v) is 18.3. The molecule has 0 aliphatic heterocycles. The maximum atomic E-state index is 13.8. The van der Waals surface area contributed by atoms with Gasteiger partial charge in [-0.2, -0.15) is 0 Å². The average molecular weight is 466 g/mol. The summed E-state index contributed by atoms with van der Waals surface area (Å²) < 4.78 is 30.2. The van der Waals surface area contributed by atoms with E-state index in [0.29, 0.717) is 32.7 Å². The Balaban J connectivity index is 1.99. The van der Waals surface area contributed by atoms with Crippen LogP contribution in [0.3, 0.4) is 0 Å². The highest BCUT2D eigenvalue weighted by Gasteiger charge is 2.24. The van der Waals surface area contributed by atoms with E-state index in [9.17, 15) is 9.18 Å². The number of hydrogen-bond donors (Lipinski definition) is 1. The summed E-state index contributed by atoms with van der Waals surface area (Å²) in [5.74, 6) is -0.462.